The third-order valence-electron chi connectivity index (χ3n) is 4.07. The van der Waals surface area contributed by atoms with E-state index in [1.54, 1.807) is 6.07 Å². The Morgan fingerprint density at radius 1 is 1.05 bits per heavy atom. The fraction of sp³-hybridized carbons (Fsp3) is 0.118. The van der Waals surface area contributed by atoms with Crippen LogP contribution in [0.4, 0.5) is 5.69 Å². The Morgan fingerprint density at radius 3 is 2.59 bits per heavy atom. The van der Waals surface area contributed by atoms with E-state index in [0.29, 0.717) is 5.02 Å². The molecule has 0 amide bonds. The van der Waals surface area contributed by atoms with Crippen molar-refractivity contribution < 1.29 is 4.79 Å². The first-order chi connectivity index (χ1) is 10.7. The molecule has 0 spiro atoms. The van der Waals surface area contributed by atoms with Gasteiger partial charge in [-0.2, -0.15) is 0 Å². The minimum atomic E-state index is -0.682. The highest BCUT2D eigenvalue weighted by Crippen LogP contribution is 2.45. The molecule has 0 radical (unpaired) electrons. The van der Waals surface area contributed by atoms with E-state index in [2.05, 4.69) is 4.98 Å². The molecule has 5 heteroatoms. The van der Waals surface area contributed by atoms with E-state index in [9.17, 15) is 4.79 Å². The molecule has 1 aliphatic rings. The second-order valence-corrected chi connectivity index (χ2v) is 6.11. The van der Waals surface area contributed by atoms with Gasteiger partial charge in [0.25, 0.3) is 0 Å². The number of fused-ring (bicyclic) bond motifs is 1. The van der Waals surface area contributed by atoms with Crippen LogP contribution in [0.25, 0.3) is 10.9 Å². The lowest BCUT2D eigenvalue weighted by molar-refractivity contribution is -0.124. The summed E-state index contributed by atoms with van der Waals surface area (Å²) in [7, 11) is 0. The smallest absolute Gasteiger partial charge is 0.197 e. The number of hydrogen-bond donors (Lipinski definition) is 1. The molecule has 4 rings (SSSR count). The fourth-order valence-corrected chi connectivity index (χ4v) is 3.57. The van der Waals surface area contributed by atoms with Gasteiger partial charge in [0.05, 0.1) is 10.7 Å². The number of carbonyl (C=O) groups is 1. The number of ketones is 1. The van der Waals surface area contributed by atoms with Crippen LogP contribution in [0.3, 0.4) is 0 Å². The molecular weight excluding hydrogens is 319 g/mol. The maximum atomic E-state index is 12.4. The molecule has 2 aromatic carbocycles. The number of para-hydroxylation sites is 2. The molecule has 0 bridgehead atoms. The Bertz CT molecular complexity index is 874. The minimum absolute atomic E-state index is 0.00802. The van der Waals surface area contributed by atoms with Crippen LogP contribution in [-0.2, 0) is 4.79 Å². The van der Waals surface area contributed by atoms with E-state index in [0.717, 1.165) is 22.2 Å². The van der Waals surface area contributed by atoms with Gasteiger partial charge in [-0.3, -0.25) is 4.79 Å². The van der Waals surface area contributed by atoms with Gasteiger partial charge in [0.1, 0.15) is 6.04 Å². The van der Waals surface area contributed by atoms with Gasteiger partial charge < -0.3 is 9.88 Å². The molecule has 1 saturated heterocycles. The van der Waals surface area contributed by atoms with Gasteiger partial charge in [0.15, 0.2) is 11.3 Å². The lowest BCUT2D eigenvalue weighted by Gasteiger charge is -2.45. The molecule has 1 N–H and O–H groups in total. The van der Waals surface area contributed by atoms with Crippen LogP contribution in [0.2, 0.25) is 5.02 Å². The number of H-pyrrole nitrogens is 1. The average molecular weight is 331 g/mol. The summed E-state index contributed by atoms with van der Waals surface area (Å²) in [6.07, 6.45) is 1.87. The van der Waals surface area contributed by atoms with Gasteiger partial charge in [-0.05, 0) is 18.2 Å². The van der Waals surface area contributed by atoms with Crippen LogP contribution in [-0.4, -0.2) is 16.3 Å². The van der Waals surface area contributed by atoms with Gasteiger partial charge in [-0.1, -0.05) is 53.5 Å². The highest BCUT2D eigenvalue weighted by atomic mass is 35.5. The van der Waals surface area contributed by atoms with Crippen molar-refractivity contribution in [2.45, 2.75) is 11.5 Å². The lowest BCUT2D eigenvalue weighted by Crippen LogP contribution is -2.56. The second kappa shape index (κ2) is 5.04. The number of benzene rings is 2. The van der Waals surface area contributed by atoms with Crippen LogP contribution < -0.4 is 4.90 Å². The minimum Gasteiger partial charge on any atom is -0.361 e. The van der Waals surface area contributed by atoms with Crippen molar-refractivity contribution in [2.24, 2.45) is 0 Å². The molecule has 1 aliphatic heterocycles. The van der Waals surface area contributed by atoms with E-state index >= 15 is 0 Å². The van der Waals surface area contributed by atoms with Crippen molar-refractivity contribution in [3.63, 3.8) is 0 Å². The van der Waals surface area contributed by atoms with Crippen LogP contribution in [0, 0.1) is 0 Å². The maximum absolute atomic E-state index is 12.4. The van der Waals surface area contributed by atoms with Gasteiger partial charge >= 0.3 is 0 Å². The summed E-state index contributed by atoms with van der Waals surface area (Å²) in [5.74, 6) is -0.00802. The zero-order chi connectivity index (χ0) is 15.3. The Balaban J connectivity index is 1.83. The predicted octanol–water partition coefficient (Wildman–Crippen LogP) is 4.52. The highest BCUT2D eigenvalue weighted by Gasteiger charge is 2.48. The molecule has 1 fully saturated rings. The van der Waals surface area contributed by atoms with Gasteiger partial charge in [-0.25, -0.2) is 0 Å². The predicted molar refractivity (Wildman–Crippen MR) is 89.6 cm³/mol. The molecule has 2 atom stereocenters. The number of nitrogens with zero attached hydrogens (tertiary/aromatic N) is 1. The van der Waals surface area contributed by atoms with E-state index in [1.165, 1.54) is 0 Å². The first-order valence-electron chi connectivity index (χ1n) is 6.95. The zero-order valence-electron chi connectivity index (χ0n) is 11.5. The van der Waals surface area contributed by atoms with Crippen molar-refractivity contribution >= 4 is 45.6 Å². The maximum Gasteiger partial charge on any atom is 0.197 e. The molecule has 2 heterocycles. The Hall–Kier alpha value is -1.97. The van der Waals surface area contributed by atoms with E-state index in [4.69, 9.17) is 23.2 Å². The Kier molecular flexibility index (Phi) is 3.13. The summed E-state index contributed by atoms with van der Waals surface area (Å²) < 4.78 is 0. The van der Waals surface area contributed by atoms with Gasteiger partial charge in [-0.15, -0.1) is 0 Å². The van der Waals surface area contributed by atoms with Crippen molar-refractivity contribution in [3.05, 3.63) is 65.3 Å². The Morgan fingerprint density at radius 2 is 1.77 bits per heavy atom. The number of Topliss-reactive ketones (excluding diaryl/α,β-unsaturated/α-hetero) is 1. The molecule has 1 aromatic heterocycles. The summed E-state index contributed by atoms with van der Waals surface area (Å²) in [5, 5.41) is 1.62. The first-order valence-corrected chi connectivity index (χ1v) is 7.76. The van der Waals surface area contributed by atoms with Gasteiger partial charge in [0.2, 0.25) is 0 Å². The Labute approximate surface area is 137 Å². The number of rotatable bonds is 2. The molecule has 0 unspecified atom stereocenters. The number of anilines is 1. The normalized spacial score (nSPS) is 21.2. The SMILES string of the molecule is O=C1[C@H](Cl)N(c2ccccc2Cl)[C@@H]1c1c[nH]c2ccccc12. The molecule has 110 valence electrons. The highest BCUT2D eigenvalue weighted by molar-refractivity contribution is 6.39. The molecule has 22 heavy (non-hydrogen) atoms. The number of nitrogens with one attached hydrogen (secondary N) is 1. The van der Waals surface area contributed by atoms with Crippen molar-refractivity contribution in [3.8, 4) is 0 Å². The number of alkyl halides is 1. The molecule has 0 aliphatic carbocycles. The average Bonchev–Trinajstić information content (AvgIpc) is 2.96. The van der Waals surface area contributed by atoms with Crippen LogP contribution in [0.1, 0.15) is 11.6 Å². The second-order valence-electron chi connectivity index (χ2n) is 5.29. The summed E-state index contributed by atoms with van der Waals surface area (Å²) in [6.45, 7) is 0. The summed E-state index contributed by atoms with van der Waals surface area (Å²) in [5.41, 5.74) is 2.03. The monoisotopic (exact) mass is 330 g/mol. The summed E-state index contributed by atoms with van der Waals surface area (Å²) >= 11 is 12.5. The molecule has 3 nitrogen and oxygen atoms in total. The van der Waals surface area contributed by atoms with Gasteiger partial charge in [0, 0.05) is 22.7 Å². The lowest BCUT2D eigenvalue weighted by atomic mass is 9.91. The summed E-state index contributed by atoms with van der Waals surface area (Å²) in [6, 6.07) is 14.9. The zero-order valence-corrected chi connectivity index (χ0v) is 13.0. The number of carbonyl (C=O) groups excluding carboxylic acids is 1. The van der Waals surface area contributed by atoms with Crippen molar-refractivity contribution in [2.75, 3.05) is 4.90 Å². The van der Waals surface area contributed by atoms with E-state index in [1.807, 2.05) is 53.6 Å². The van der Waals surface area contributed by atoms with Crippen molar-refractivity contribution in [1.82, 2.24) is 4.98 Å². The number of aromatic nitrogens is 1. The molecule has 0 saturated carbocycles. The molecule has 3 aromatic rings. The van der Waals surface area contributed by atoms with E-state index in [-0.39, 0.29) is 5.78 Å². The van der Waals surface area contributed by atoms with Crippen LogP contribution >= 0.6 is 23.2 Å². The first kappa shape index (κ1) is 13.7. The van der Waals surface area contributed by atoms with Crippen LogP contribution in [0.5, 0.6) is 0 Å². The van der Waals surface area contributed by atoms with Crippen molar-refractivity contribution in [1.29, 1.82) is 0 Å². The molecular formula is C17H12Cl2N2O. The third-order valence-corrected chi connectivity index (χ3v) is 4.82. The van der Waals surface area contributed by atoms with E-state index < -0.39 is 11.5 Å². The topological polar surface area (TPSA) is 36.1 Å². The largest absolute Gasteiger partial charge is 0.361 e. The summed E-state index contributed by atoms with van der Waals surface area (Å²) in [4.78, 5) is 17.4. The third kappa shape index (κ3) is 1.86. The number of halogens is 2. The van der Waals surface area contributed by atoms with Crippen LogP contribution in [0.15, 0.2) is 54.7 Å². The standard InChI is InChI=1S/C17H12Cl2N2O/c18-12-6-2-4-8-14(12)21-15(16(22)17(21)19)11-9-20-13-7-3-1-5-10(11)13/h1-9,15,17,20H/t15-,17-/m1/s1. The number of hydrogen-bond acceptors (Lipinski definition) is 2. The quantitative estimate of drug-likeness (QED) is 0.554. The number of aromatic amines is 1. The fourth-order valence-electron chi connectivity index (χ4n) is 3.00.